The standard InChI is InChI=1S/C14H11BrF2O/c15-13-6-5-11(17)8-12(13)14(18)7-9-1-3-10(16)4-2-9/h1-6,8,14,18H,7H2. The van der Waals surface area contributed by atoms with E-state index in [9.17, 15) is 13.9 Å². The Morgan fingerprint density at radius 3 is 2.28 bits per heavy atom. The van der Waals surface area contributed by atoms with Crippen molar-refractivity contribution in [3.63, 3.8) is 0 Å². The van der Waals surface area contributed by atoms with Crippen molar-refractivity contribution in [3.8, 4) is 0 Å². The van der Waals surface area contributed by atoms with E-state index in [2.05, 4.69) is 15.9 Å². The lowest BCUT2D eigenvalue weighted by Gasteiger charge is -2.13. The molecule has 0 bridgehead atoms. The summed E-state index contributed by atoms with van der Waals surface area (Å²) < 4.78 is 26.5. The Morgan fingerprint density at radius 1 is 1.00 bits per heavy atom. The first-order valence-electron chi connectivity index (χ1n) is 5.44. The Labute approximate surface area is 112 Å². The topological polar surface area (TPSA) is 20.2 Å². The number of halogens is 3. The number of rotatable bonds is 3. The number of aliphatic hydroxyl groups excluding tert-OH is 1. The van der Waals surface area contributed by atoms with Crippen LogP contribution in [-0.4, -0.2) is 5.11 Å². The summed E-state index contributed by atoms with van der Waals surface area (Å²) >= 11 is 3.27. The number of benzene rings is 2. The van der Waals surface area contributed by atoms with Crippen LogP contribution in [0, 0.1) is 11.6 Å². The SMILES string of the molecule is OC(Cc1ccc(F)cc1)c1cc(F)ccc1Br. The van der Waals surface area contributed by atoms with Crippen molar-refractivity contribution in [1.29, 1.82) is 0 Å². The lowest BCUT2D eigenvalue weighted by molar-refractivity contribution is 0.177. The molecule has 0 aliphatic carbocycles. The Hall–Kier alpha value is -1.26. The van der Waals surface area contributed by atoms with E-state index in [1.54, 1.807) is 18.2 Å². The van der Waals surface area contributed by atoms with Gasteiger partial charge in [0.05, 0.1) is 6.10 Å². The summed E-state index contributed by atoms with van der Waals surface area (Å²) in [5.74, 6) is -0.716. The molecule has 0 aliphatic heterocycles. The molecule has 94 valence electrons. The smallest absolute Gasteiger partial charge is 0.123 e. The van der Waals surface area contributed by atoms with Gasteiger partial charge in [0.1, 0.15) is 11.6 Å². The third-order valence-electron chi connectivity index (χ3n) is 2.66. The first-order valence-corrected chi connectivity index (χ1v) is 6.23. The van der Waals surface area contributed by atoms with E-state index >= 15 is 0 Å². The van der Waals surface area contributed by atoms with Gasteiger partial charge in [-0.1, -0.05) is 28.1 Å². The van der Waals surface area contributed by atoms with Gasteiger partial charge in [-0.15, -0.1) is 0 Å². The maximum atomic E-state index is 13.1. The average Bonchev–Trinajstić information content (AvgIpc) is 2.35. The van der Waals surface area contributed by atoms with E-state index in [0.717, 1.165) is 5.56 Å². The van der Waals surface area contributed by atoms with Gasteiger partial charge in [0.15, 0.2) is 0 Å². The molecule has 0 spiro atoms. The molecule has 1 atom stereocenters. The Bertz CT molecular complexity index is 540. The highest BCUT2D eigenvalue weighted by Gasteiger charge is 2.13. The molecule has 0 aliphatic rings. The van der Waals surface area contributed by atoms with Crippen LogP contribution < -0.4 is 0 Å². The monoisotopic (exact) mass is 312 g/mol. The van der Waals surface area contributed by atoms with Crippen molar-refractivity contribution in [3.05, 3.63) is 69.7 Å². The van der Waals surface area contributed by atoms with Crippen molar-refractivity contribution in [2.24, 2.45) is 0 Å². The molecular weight excluding hydrogens is 302 g/mol. The van der Waals surface area contributed by atoms with Gasteiger partial charge in [-0.25, -0.2) is 8.78 Å². The van der Waals surface area contributed by atoms with E-state index < -0.39 is 11.9 Å². The number of aliphatic hydroxyl groups is 1. The van der Waals surface area contributed by atoms with Crippen LogP contribution >= 0.6 is 15.9 Å². The van der Waals surface area contributed by atoms with E-state index in [1.807, 2.05) is 0 Å². The molecule has 0 amide bonds. The fourth-order valence-corrected chi connectivity index (χ4v) is 2.23. The van der Waals surface area contributed by atoms with Crippen molar-refractivity contribution in [2.45, 2.75) is 12.5 Å². The molecule has 18 heavy (non-hydrogen) atoms. The lowest BCUT2D eigenvalue weighted by atomic mass is 10.0. The van der Waals surface area contributed by atoms with Crippen molar-refractivity contribution in [2.75, 3.05) is 0 Å². The fraction of sp³-hybridized carbons (Fsp3) is 0.143. The maximum Gasteiger partial charge on any atom is 0.123 e. The summed E-state index contributed by atoms with van der Waals surface area (Å²) in [4.78, 5) is 0. The Kier molecular flexibility index (Phi) is 4.09. The molecule has 0 saturated heterocycles. The number of hydrogen-bond acceptors (Lipinski definition) is 1. The molecule has 1 unspecified atom stereocenters. The fourth-order valence-electron chi connectivity index (χ4n) is 1.72. The van der Waals surface area contributed by atoms with Gasteiger partial charge in [-0.2, -0.15) is 0 Å². The van der Waals surface area contributed by atoms with E-state index in [0.29, 0.717) is 16.5 Å². The van der Waals surface area contributed by atoms with Crippen LogP contribution in [0.5, 0.6) is 0 Å². The van der Waals surface area contributed by atoms with E-state index in [4.69, 9.17) is 0 Å². The van der Waals surface area contributed by atoms with E-state index in [-0.39, 0.29) is 5.82 Å². The molecule has 0 aromatic heterocycles. The van der Waals surface area contributed by atoms with Crippen molar-refractivity contribution in [1.82, 2.24) is 0 Å². The van der Waals surface area contributed by atoms with Gasteiger partial charge < -0.3 is 5.11 Å². The van der Waals surface area contributed by atoms with Gasteiger partial charge in [-0.05, 0) is 41.5 Å². The Balaban J connectivity index is 2.18. The molecule has 1 nitrogen and oxygen atoms in total. The first kappa shape index (κ1) is 13.2. The van der Waals surface area contributed by atoms with Crippen LogP contribution in [0.3, 0.4) is 0 Å². The van der Waals surface area contributed by atoms with Gasteiger partial charge >= 0.3 is 0 Å². The molecule has 1 N–H and O–H groups in total. The van der Waals surface area contributed by atoms with E-state index in [1.165, 1.54) is 24.3 Å². The summed E-state index contributed by atoms with van der Waals surface area (Å²) in [6.45, 7) is 0. The molecule has 2 aromatic carbocycles. The second kappa shape index (κ2) is 5.59. The van der Waals surface area contributed by atoms with Gasteiger partial charge in [0, 0.05) is 10.9 Å². The summed E-state index contributed by atoms with van der Waals surface area (Å²) in [7, 11) is 0. The minimum Gasteiger partial charge on any atom is -0.388 e. The van der Waals surface area contributed by atoms with Crippen LogP contribution in [0.1, 0.15) is 17.2 Å². The zero-order valence-electron chi connectivity index (χ0n) is 9.41. The highest BCUT2D eigenvalue weighted by atomic mass is 79.9. The third-order valence-corrected chi connectivity index (χ3v) is 3.38. The maximum absolute atomic E-state index is 13.1. The van der Waals surface area contributed by atoms with Crippen LogP contribution in [0.4, 0.5) is 8.78 Å². The van der Waals surface area contributed by atoms with Gasteiger partial charge in [0.25, 0.3) is 0 Å². The predicted molar refractivity (Wildman–Crippen MR) is 69.2 cm³/mol. The summed E-state index contributed by atoms with van der Waals surface area (Å²) in [6, 6.07) is 10.0. The number of hydrogen-bond donors (Lipinski definition) is 1. The van der Waals surface area contributed by atoms with Crippen LogP contribution in [0.25, 0.3) is 0 Å². The van der Waals surface area contributed by atoms with Gasteiger partial charge in [-0.3, -0.25) is 0 Å². The van der Waals surface area contributed by atoms with Gasteiger partial charge in [0.2, 0.25) is 0 Å². The zero-order valence-corrected chi connectivity index (χ0v) is 11.0. The molecule has 2 rings (SSSR count). The molecular formula is C14H11BrF2O. The molecule has 0 saturated carbocycles. The zero-order chi connectivity index (χ0) is 13.1. The minimum absolute atomic E-state index is 0.308. The summed E-state index contributed by atoms with van der Waals surface area (Å²) in [5, 5.41) is 10.1. The van der Waals surface area contributed by atoms with Crippen LogP contribution in [-0.2, 0) is 6.42 Å². The average molecular weight is 313 g/mol. The lowest BCUT2D eigenvalue weighted by Crippen LogP contribution is -2.03. The summed E-state index contributed by atoms with van der Waals surface area (Å²) in [6.07, 6.45) is -0.525. The normalized spacial score (nSPS) is 12.4. The van der Waals surface area contributed by atoms with Crippen molar-refractivity contribution < 1.29 is 13.9 Å². The third kappa shape index (κ3) is 3.15. The molecule has 4 heteroatoms. The molecule has 2 aromatic rings. The molecule has 0 heterocycles. The second-order valence-corrected chi connectivity index (χ2v) is 4.87. The Morgan fingerprint density at radius 2 is 1.61 bits per heavy atom. The summed E-state index contributed by atoms with van der Waals surface area (Å²) in [5.41, 5.74) is 1.28. The quantitative estimate of drug-likeness (QED) is 0.908. The predicted octanol–water partition coefficient (Wildman–Crippen LogP) is 4.00. The second-order valence-electron chi connectivity index (χ2n) is 4.01. The minimum atomic E-state index is -0.833. The molecule has 0 radical (unpaired) electrons. The highest BCUT2D eigenvalue weighted by Crippen LogP contribution is 2.26. The molecule has 0 fully saturated rings. The van der Waals surface area contributed by atoms with Crippen LogP contribution in [0.15, 0.2) is 46.9 Å². The van der Waals surface area contributed by atoms with Crippen molar-refractivity contribution >= 4 is 15.9 Å². The highest BCUT2D eigenvalue weighted by molar-refractivity contribution is 9.10. The van der Waals surface area contributed by atoms with Crippen LogP contribution in [0.2, 0.25) is 0 Å². The first-order chi connectivity index (χ1) is 8.56. The largest absolute Gasteiger partial charge is 0.388 e.